The number of carbonyl (C=O) groups excluding carboxylic acids is 3. The van der Waals surface area contributed by atoms with Gasteiger partial charge in [0.2, 0.25) is 6.10 Å². The van der Waals surface area contributed by atoms with Crippen molar-refractivity contribution in [2.45, 2.75) is 13.0 Å². The molecule has 0 saturated carbocycles. The Morgan fingerprint density at radius 2 is 1.45 bits per heavy atom. The Labute approximate surface area is 180 Å². The summed E-state index contributed by atoms with van der Waals surface area (Å²) in [5.41, 5.74) is 1.44. The van der Waals surface area contributed by atoms with E-state index in [4.69, 9.17) is 4.74 Å². The maximum Gasteiger partial charge on any atom is 0.321 e. The van der Waals surface area contributed by atoms with Crippen LogP contribution < -0.4 is 20.7 Å². The van der Waals surface area contributed by atoms with E-state index >= 15 is 0 Å². The minimum Gasteiger partial charge on any atom is -0.475 e. The van der Waals surface area contributed by atoms with Gasteiger partial charge in [-0.25, -0.2) is 4.79 Å². The van der Waals surface area contributed by atoms with Gasteiger partial charge in [-0.2, -0.15) is 0 Å². The predicted molar refractivity (Wildman–Crippen MR) is 118 cm³/mol. The molecular weight excluding hydrogens is 394 g/mol. The van der Waals surface area contributed by atoms with Gasteiger partial charge in [-0.3, -0.25) is 14.9 Å². The van der Waals surface area contributed by atoms with Gasteiger partial charge >= 0.3 is 6.03 Å². The van der Waals surface area contributed by atoms with Crippen LogP contribution in [0, 0.1) is 0 Å². The third-order valence-corrected chi connectivity index (χ3v) is 4.32. The van der Waals surface area contributed by atoms with Crippen LogP contribution in [0.25, 0.3) is 0 Å². The van der Waals surface area contributed by atoms with Gasteiger partial charge in [0.25, 0.3) is 11.8 Å². The van der Waals surface area contributed by atoms with E-state index in [-0.39, 0.29) is 17.2 Å². The fourth-order valence-corrected chi connectivity index (χ4v) is 2.89. The normalized spacial score (nSPS) is 11.1. The summed E-state index contributed by atoms with van der Waals surface area (Å²) in [4.78, 5) is 37.5. The number of hydrogen-bond acceptors (Lipinski definition) is 4. The lowest BCUT2D eigenvalue weighted by atomic mass is 10.1. The standard InChI is InChI=1S/C24H23N3O4/c1-2-25-24(30)27-23(29)21(17-11-5-3-6-12-17)31-20-16-10-9-15-19(20)22(28)26-18-13-7-4-8-14-18/h3-16,21H,2H2,1H3,(H,26,28)(H2,25,27,29,30)/t21-/m0/s1. The van der Waals surface area contributed by atoms with Crippen molar-refractivity contribution in [2.75, 3.05) is 11.9 Å². The van der Waals surface area contributed by atoms with E-state index in [9.17, 15) is 14.4 Å². The van der Waals surface area contributed by atoms with Crippen molar-refractivity contribution < 1.29 is 19.1 Å². The Balaban J connectivity index is 1.87. The van der Waals surface area contributed by atoms with Gasteiger partial charge in [-0.1, -0.05) is 60.7 Å². The van der Waals surface area contributed by atoms with Gasteiger partial charge in [0.15, 0.2) is 0 Å². The second kappa shape index (κ2) is 10.6. The number of carbonyl (C=O) groups is 3. The van der Waals surface area contributed by atoms with E-state index in [2.05, 4.69) is 16.0 Å². The number of anilines is 1. The van der Waals surface area contributed by atoms with Crippen LogP contribution in [0.3, 0.4) is 0 Å². The first-order chi connectivity index (χ1) is 15.1. The zero-order chi connectivity index (χ0) is 22.1. The van der Waals surface area contributed by atoms with Crippen LogP contribution >= 0.6 is 0 Å². The first-order valence-corrected chi connectivity index (χ1v) is 9.84. The predicted octanol–water partition coefficient (Wildman–Crippen LogP) is 3.90. The number of rotatable bonds is 7. The molecular formula is C24H23N3O4. The van der Waals surface area contributed by atoms with Crippen LogP contribution in [0.5, 0.6) is 5.75 Å². The first-order valence-electron chi connectivity index (χ1n) is 9.84. The number of hydrogen-bond donors (Lipinski definition) is 3. The topological polar surface area (TPSA) is 96.5 Å². The molecule has 0 aliphatic heterocycles. The van der Waals surface area contributed by atoms with Crippen LogP contribution in [-0.4, -0.2) is 24.4 Å². The molecule has 0 aliphatic carbocycles. The molecule has 0 spiro atoms. The monoisotopic (exact) mass is 417 g/mol. The molecule has 0 heterocycles. The highest BCUT2D eigenvalue weighted by Crippen LogP contribution is 2.26. The van der Waals surface area contributed by atoms with Crippen molar-refractivity contribution >= 4 is 23.5 Å². The van der Waals surface area contributed by atoms with Gasteiger partial charge in [0.1, 0.15) is 5.75 Å². The minimum absolute atomic E-state index is 0.218. The molecule has 3 aromatic carbocycles. The van der Waals surface area contributed by atoms with Crippen molar-refractivity contribution in [1.29, 1.82) is 0 Å². The quantitative estimate of drug-likeness (QED) is 0.543. The van der Waals surface area contributed by atoms with E-state index in [0.717, 1.165) is 0 Å². The van der Waals surface area contributed by atoms with Crippen LogP contribution in [-0.2, 0) is 4.79 Å². The highest BCUT2D eigenvalue weighted by atomic mass is 16.5. The molecule has 0 bridgehead atoms. The fourth-order valence-electron chi connectivity index (χ4n) is 2.89. The SMILES string of the molecule is CCNC(=O)NC(=O)[C@@H](Oc1ccccc1C(=O)Nc1ccccc1)c1ccccc1. The highest BCUT2D eigenvalue weighted by molar-refractivity contribution is 6.06. The maximum absolute atomic E-state index is 12.8. The summed E-state index contributed by atoms with van der Waals surface area (Å²) < 4.78 is 5.98. The Hall–Kier alpha value is -4.13. The number of benzene rings is 3. The van der Waals surface area contributed by atoms with Crippen LogP contribution in [0.15, 0.2) is 84.9 Å². The van der Waals surface area contributed by atoms with Crippen molar-refractivity contribution in [3.63, 3.8) is 0 Å². The molecule has 4 amide bonds. The molecule has 0 saturated heterocycles. The Morgan fingerprint density at radius 3 is 2.13 bits per heavy atom. The summed E-state index contributed by atoms with van der Waals surface area (Å²) in [7, 11) is 0. The summed E-state index contributed by atoms with van der Waals surface area (Å²) in [5.74, 6) is -0.802. The Bertz CT molecular complexity index is 1040. The van der Waals surface area contributed by atoms with Crippen molar-refractivity contribution in [2.24, 2.45) is 0 Å². The lowest BCUT2D eigenvalue weighted by Crippen LogP contribution is -2.43. The molecule has 0 aliphatic rings. The smallest absolute Gasteiger partial charge is 0.321 e. The van der Waals surface area contributed by atoms with Crippen LogP contribution in [0.2, 0.25) is 0 Å². The maximum atomic E-state index is 12.8. The third kappa shape index (κ3) is 5.93. The lowest BCUT2D eigenvalue weighted by Gasteiger charge is -2.20. The molecule has 3 aromatic rings. The van der Waals surface area contributed by atoms with Gasteiger partial charge in [0.05, 0.1) is 5.56 Å². The number of amides is 4. The van der Waals surface area contributed by atoms with E-state index in [1.54, 1.807) is 67.6 Å². The molecule has 3 rings (SSSR count). The number of ether oxygens (including phenoxy) is 1. The number of nitrogens with one attached hydrogen (secondary N) is 3. The van der Waals surface area contributed by atoms with Crippen molar-refractivity contribution in [3.05, 3.63) is 96.1 Å². The summed E-state index contributed by atoms with van der Waals surface area (Å²) in [6, 6.07) is 23.8. The highest BCUT2D eigenvalue weighted by Gasteiger charge is 2.26. The van der Waals surface area contributed by atoms with E-state index in [0.29, 0.717) is 17.8 Å². The van der Waals surface area contributed by atoms with Gasteiger partial charge < -0.3 is 15.4 Å². The van der Waals surface area contributed by atoms with Gasteiger partial charge in [-0.05, 0) is 31.2 Å². The van der Waals surface area contributed by atoms with Crippen LogP contribution in [0.1, 0.15) is 28.9 Å². The third-order valence-electron chi connectivity index (χ3n) is 4.32. The molecule has 31 heavy (non-hydrogen) atoms. The second-order valence-electron chi connectivity index (χ2n) is 6.57. The van der Waals surface area contributed by atoms with Gasteiger partial charge in [0, 0.05) is 17.8 Å². The largest absolute Gasteiger partial charge is 0.475 e. The summed E-state index contributed by atoms with van der Waals surface area (Å²) in [6.45, 7) is 2.12. The Kier molecular flexibility index (Phi) is 7.37. The number of imide groups is 1. The van der Waals surface area contributed by atoms with E-state index in [1.165, 1.54) is 0 Å². The zero-order valence-electron chi connectivity index (χ0n) is 17.0. The molecule has 7 nitrogen and oxygen atoms in total. The average Bonchev–Trinajstić information content (AvgIpc) is 2.79. The Morgan fingerprint density at radius 1 is 0.839 bits per heavy atom. The fraction of sp³-hybridized carbons (Fsp3) is 0.125. The minimum atomic E-state index is -1.13. The summed E-state index contributed by atoms with van der Waals surface area (Å²) in [5, 5.41) is 7.59. The van der Waals surface area contributed by atoms with Crippen molar-refractivity contribution in [3.8, 4) is 5.75 Å². The molecule has 1 atom stereocenters. The average molecular weight is 417 g/mol. The molecule has 0 fully saturated rings. The molecule has 0 radical (unpaired) electrons. The van der Waals surface area contributed by atoms with Crippen LogP contribution in [0.4, 0.5) is 10.5 Å². The molecule has 158 valence electrons. The second-order valence-corrected chi connectivity index (χ2v) is 6.57. The number of urea groups is 1. The van der Waals surface area contributed by atoms with E-state index < -0.39 is 18.0 Å². The first kappa shape index (κ1) is 21.6. The molecule has 3 N–H and O–H groups in total. The lowest BCUT2D eigenvalue weighted by molar-refractivity contribution is -0.127. The summed E-state index contributed by atoms with van der Waals surface area (Å²) >= 11 is 0. The van der Waals surface area contributed by atoms with Crippen molar-refractivity contribution in [1.82, 2.24) is 10.6 Å². The molecule has 0 unspecified atom stereocenters. The van der Waals surface area contributed by atoms with E-state index in [1.807, 2.05) is 24.3 Å². The zero-order valence-corrected chi connectivity index (χ0v) is 17.0. The molecule has 7 heteroatoms. The van der Waals surface area contributed by atoms with Gasteiger partial charge in [-0.15, -0.1) is 0 Å². The number of para-hydroxylation sites is 2. The summed E-state index contributed by atoms with van der Waals surface area (Å²) in [6.07, 6.45) is -1.13. The molecule has 0 aromatic heterocycles.